The molecule has 2 aromatic rings. The molecule has 1 heterocycles. The highest BCUT2D eigenvalue weighted by Crippen LogP contribution is 2.35. The van der Waals surface area contributed by atoms with Crippen molar-refractivity contribution in [2.45, 2.75) is 25.4 Å². The topological polar surface area (TPSA) is 59.4 Å². The first-order chi connectivity index (χ1) is 10.2. The molecule has 1 aromatic heterocycles. The number of nitrogens with zero attached hydrogens (tertiary/aromatic N) is 1. The van der Waals surface area contributed by atoms with Crippen LogP contribution >= 0.6 is 11.6 Å². The van der Waals surface area contributed by atoms with E-state index in [1.54, 1.807) is 0 Å². The number of fused-ring (bicyclic) bond motifs is 1. The van der Waals surface area contributed by atoms with Crippen LogP contribution in [0.4, 0.5) is 0 Å². The first-order valence-electron chi connectivity index (χ1n) is 6.79. The highest BCUT2D eigenvalue weighted by molar-refractivity contribution is 6.34. The van der Waals surface area contributed by atoms with Crippen molar-refractivity contribution < 1.29 is 14.6 Å². The number of aryl methyl sites for hydroxylation is 1. The Labute approximate surface area is 127 Å². The van der Waals surface area contributed by atoms with Gasteiger partial charge >= 0.3 is 5.97 Å². The van der Waals surface area contributed by atoms with Crippen molar-refractivity contribution >= 4 is 17.6 Å². The summed E-state index contributed by atoms with van der Waals surface area (Å²) in [5.41, 5.74) is 2.40. The molecule has 0 bridgehead atoms. The van der Waals surface area contributed by atoms with Crippen LogP contribution in [0.2, 0.25) is 5.02 Å². The monoisotopic (exact) mass is 303 g/mol. The summed E-state index contributed by atoms with van der Waals surface area (Å²) in [4.78, 5) is 15.2. The number of aromatic nitrogens is 1. The molecule has 0 fully saturated rings. The number of halogens is 1. The average Bonchev–Trinajstić information content (AvgIpc) is 2.49. The molecule has 1 N–H and O–H groups in total. The van der Waals surface area contributed by atoms with Crippen LogP contribution < -0.4 is 4.74 Å². The number of benzene rings is 1. The van der Waals surface area contributed by atoms with Crippen LogP contribution in [0, 0.1) is 0 Å². The maximum atomic E-state index is 11.1. The van der Waals surface area contributed by atoms with E-state index in [1.807, 2.05) is 18.2 Å². The fourth-order valence-electron chi connectivity index (χ4n) is 2.64. The number of carbonyl (C=O) groups is 1. The number of aromatic carboxylic acids is 1. The average molecular weight is 304 g/mol. The second-order valence-electron chi connectivity index (χ2n) is 4.98. The second-order valence-corrected chi connectivity index (χ2v) is 5.36. The largest absolute Gasteiger partial charge is 0.478 e. The minimum absolute atomic E-state index is 0.00533. The number of carboxylic acid groups (broad SMARTS) is 1. The summed E-state index contributed by atoms with van der Waals surface area (Å²) >= 11 is 6.08. The van der Waals surface area contributed by atoms with Gasteiger partial charge in [0.2, 0.25) is 5.88 Å². The van der Waals surface area contributed by atoms with Crippen LogP contribution in [0.3, 0.4) is 0 Å². The van der Waals surface area contributed by atoms with Crippen molar-refractivity contribution in [1.29, 1.82) is 0 Å². The zero-order valence-electron chi connectivity index (χ0n) is 11.3. The van der Waals surface area contributed by atoms with E-state index in [4.69, 9.17) is 21.4 Å². The van der Waals surface area contributed by atoms with Crippen molar-refractivity contribution in [2.24, 2.45) is 0 Å². The van der Waals surface area contributed by atoms with E-state index in [2.05, 4.69) is 11.1 Å². The summed E-state index contributed by atoms with van der Waals surface area (Å²) in [7, 11) is 0. The van der Waals surface area contributed by atoms with Gasteiger partial charge in [-0.2, -0.15) is 0 Å². The molecule has 0 spiro atoms. The molecule has 5 heteroatoms. The molecule has 1 unspecified atom stereocenters. The lowest BCUT2D eigenvalue weighted by molar-refractivity contribution is 0.0695. The first-order valence-corrected chi connectivity index (χ1v) is 7.17. The summed E-state index contributed by atoms with van der Waals surface area (Å²) in [6, 6.07) is 9.48. The van der Waals surface area contributed by atoms with E-state index in [1.165, 1.54) is 17.8 Å². The highest BCUT2D eigenvalue weighted by atomic mass is 35.5. The number of hydrogen-bond donors (Lipinski definition) is 1. The normalized spacial score (nSPS) is 17.1. The summed E-state index contributed by atoms with van der Waals surface area (Å²) in [6.07, 6.45) is 4.19. The quantitative estimate of drug-likeness (QED) is 0.934. The van der Waals surface area contributed by atoms with E-state index < -0.39 is 5.97 Å². The van der Waals surface area contributed by atoms with E-state index in [9.17, 15) is 4.79 Å². The van der Waals surface area contributed by atoms with E-state index in [0.717, 1.165) is 24.8 Å². The number of hydrogen-bond acceptors (Lipinski definition) is 3. The molecule has 108 valence electrons. The Bertz CT molecular complexity index is 687. The van der Waals surface area contributed by atoms with Gasteiger partial charge in [0.25, 0.3) is 0 Å². The van der Waals surface area contributed by atoms with Gasteiger partial charge in [0, 0.05) is 6.20 Å². The molecule has 4 nitrogen and oxygen atoms in total. The zero-order valence-corrected chi connectivity index (χ0v) is 12.0. The Hall–Kier alpha value is -2.07. The Kier molecular flexibility index (Phi) is 3.80. The summed E-state index contributed by atoms with van der Waals surface area (Å²) < 4.78 is 5.90. The molecule has 0 amide bonds. The third-order valence-electron chi connectivity index (χ3n) is 3.66. The number of carboxylic acids is 1. The van der Waals surface area contributed by atoms with Crippen LogP contribution in [0.15, 0.2) is 36.5 Å². The molecule has 0 saturated heterocycles. The van der Waals surface area contributed by atoms with Crippen molar-refractivity contribution in [1.82, 2.24) is 4.98 Å². The van der Waals surface area contributed by atoms with Crippen LogP contribution in [0.5, 0.6) is 5.88 Å². The number of rotatable bonds is 3. The lowest BCUT2D eigenvalue weighted by atomic mass is 9.89. The van der Waals surface area contributed by atoms with Crippen molar-refractivity contribution in [2.75, 3.05) is 0 Å². The van der Waals surface area contributed by atoms with Crippen LogP contribution in [0.25, 0.3) is 0 Å². The summed E-state index contributed by atoms with van der Waals surface area (Å²) in [5.74, 6) is -0.908. The Balaban J connectivity index is 1.92. The fraction of sp³-hybridized carbons (Fsp3) is 0.250. The molecule has 21 heavy (non-hydrogen) atoms. The van der Waals surface area contributed by atoms with Crippen LogP contribution in [-0.2, 0) is 6.42 Å². The molecule has 1 aliphatic carbocycles. The molecule has 1 atom stereocenters. The number of pyridine rings is 1. The summed E-state index contributed by atoms with van der Waals surface area (Å²) in [5, 5.41) is 9.14. The molecular weight excluding hydrogens is 290 g/mol. The standard InChI is InChI=1S/C16H14ClNO3/c17-14-12(16(19)20)8-9-18-15(14)21-13-7-3-5-10-4-1-2-6-11(10)13/h1-2,4,6,8-9,13H,3,5,7H2,(H,19,20). The van der Waals surface area contributed by atoms with Gasteiger partial charge in [-0.3, -0.25) is 0 Å². The molecule has 0 radical (unpaired) electrons. The molecular formula is C16H14ClNO3. The molecule has 3 rings (SSSR count). The lowest BCUT2D eigenvalue weighted by Crippen LogP contribution is -2.16. The SMILES string of the molecule is O=C(O)c1ccnc(OC2CCCc3ccccc32)c1Cl. The van der Waals surface area contributed by atoms with E-state index in [0.29, 0.717) is 0 Å². The predicted octanol–water partition coefficient (Wildman–Crippen LogP) is 3.89. The lowest BCUT2D eigenvalue weighted by Gasteiger charge is -2.26. The molecule has 0 aliphatic heterocycles. The Morgan fingerprint density at radius 2 is 2.14 bits per heavy atom. The second kappa shape index (κ2) is 5.74. The van der Waals surface area contributed by atoms with Gasteiger partial charge in [0.05, 0.1) is 5.56 Å². The molecule has 1 aliphatic rings. The first kappa shape index (κ1) is 13.9. The summed E-state index contributed by atoms with van der Waals surface area (Å²) in [6.45, 7) is 0. The van der Waals surface area contributed by atoms with Gasteiger partial charge in [-0.05, 0) is 36.5 Å². The predicted molar refractivity (Wildman–Crippen MR) is 79.0 cm³/mol. The third kappa shape index (κ3) is 2.72. The van der Waals surface area contributed by atoms with Crippen molar-refractivity contribution in [3.05, 3.63) is 58.2 Å². The molecule has 0 saturated carbocycles. The van der Waals surface area contributed by atoms with Crippen molar-refractivity contribution in [3.63, 3.8) is 0 Å². The van der Waals surface area contributed by atoms with E-state index in [-0.39, 0.29) is 22.6 Å². The third-order valence-corrected chi connectivity index (χ3v) is 4.02. The number of ether oxygens (including phenoxy) is 1. The van der Waals surface area contributed by atoms with Gasteiger partial charge < -0.3 is 9.84 Å². The maximum absolute atomic E-state index is 11.1. The van der Waals surface area contributed by atoms with Crippen molar-refractivity contribution in [3.8, 4) is 5.88 Å². The van der Waals surface area contributed by atoms with Gasteiger partial charge in [0.15, 0.2) is 0 Å². The van der Waals surface area contributed by atoms with Gasteiger partial charge in [-0.1, -0.05) is 35.9 Å². The fourth-order valence-corrected chi connectivity index (χ4v) is 2.88. The minimum Gasteiger partial charge on any atom is -0.478 e. The smallest absolute Gasteiger partial charge is 0.337 e. The maximum Gasteiger partial charge on any atom is 0.337 e. The van der Waals surface area contributed by atoms with Crippen LogP contribution in [0.1, 0.15) is 40.4 Å². The van der Waals surface area contributed by atoms with Gasteiger partial charge in [0.1, 0.15) is 11.1 Å². The van der Waals surface area contributed by atoms with Gasteiger partial charge in [-0.15, -0.1) is 0 Å². The van der Waals surface area contributed by atoms with E-state index >= 15 is 0 Å². The van der Waals surface area contributed by atoms with Crippen LogP contribution in [-0.4, -0.2) is 16.1 Å². The van der Waals surface area contributed by atoms with Gasteiger partial charge in [-0.25, -0.2) is 9.78 Å². The minimum atomic E-state index is -1.09. The Morgan fingerprint density at radius 1 is 1.33 bits per heavy atom. The molecule has 1 aromatic carbocycles. The zero-order chi connectivity index (χ0) is 14.8. The highest BCUT2D eigenvalue weighted by Gasteiger charge is 2.24. The Morgan fingerprint density at radius 3 is 2.95 bits per heavy atom.